The zero-order valence-electron chi connectivity index (χ0n) is 15.9. The third-order valence-corrected chi connectivity index (χ3v) is 5.71. The van der Waals surface area contributed by atoms with Crippen molar-refractivity contribution in [3.63, 3.8) is 0 Å². The van der Waals surface area contributed by atoms with Crippen LogP contribution in [0.25, 0.3) is 0 Å². The lowest BCUT2D eigenvalue weighted by Gasteiger charge is -2.33. The van der Waals surface area contributed by atoms with Crippen molar-refractivity contribution in [3.05, 3.63) is 52.2 Å². The van der Waals surface area contributed by atoms with E-state index in [-0.39, 0.29) is 17.7 Å². The second kappa shape index (κ2) is 9.04. The van der Waals surface area contributed by atoms with Crippen LogP contribution >= 0.6 is 11.3 Å². The van der Waals surface area contributed by atoms with Crippen LogP contribution in [0, 0.1) is 12.8 Å². The molecule has 5 nitrogen and oxygen atoms in total. The minimum atomic E-state index is -0.133. The van der Waals surface area contributed by atoms with Gasteiger partial charge in [0.1, 0.15) is 12.4 Å². The third kappa shape index (κ3) is 5.10. The van der Waals surface area contributed by atoms with E-state index >= 15 is 0 Å². The molecule has 6 heteroatoms. The van der Waals surface area contributed by atoms with Crippen LogP contribution in [-0.2, 0) is 4.79 Å². The standard InChI is InChI=1S/C21H26N2O3S/c1-16-6-3-8-18(14-16)26-12-11-22(2)20(24)17-7-4-10-23(15-17)21(25)19-9-5-13-27-19/h3,5-6,8-9,13-14,17H,4,7,10-12,15H2,1-2H3. The fourth-order valence-corrected chi connectivity index (χ4v) is 4.04. The number of piperidine rings is 1. The van der Waals surface area contributed by atoms with E-state index in [9.17, 15) is 9.59 Å². The topological polar surface area (TPSA) is 49.9 Å². The molecule has 1 saturated heterocycles. The second-order valence-corrected chi connectivity index (χ2v) is 7.94. The summed E-state index contributed by atoms with van der Waals surface area (Å²) in [6, 6.07) is 11.6. The number of rotatable bonds is 6. The Morgan fingerprint density at radius 3 is 2.89 bits per heavy atom. The first-order valence-electron chi connectivity index (χ1n) is 9.32. The van der Waals surface area contributed by atoms with Crippen molar-refractivity contribution in [1.82, 2.24) is 9.80 Å². The number of nitrogens with zero attached hydrogens (tertiary/aromatic N) is 2. The van der Waals surface area contributed by atoms with E-state index in [1.807, 2.05) is 60.6 Å². The van der Waals surface area contributed by atoms with Crippen LogP contribution in [-0.4, -0.2) is 54.9 Å². The summed E-state index contributed by atoms with van der Waals surface area (Å²) in [6.45, 7) is 4.23. The van der Waals surface area contributed by atoms with Gasteiger partial charge in [-0.25, -0.2) is 0 Å². The maximum Gasteiger partial charge on any atom is 0.263 e. The van der Waals surface area contributed by atoms with Crippen molar-refractivity contribution < 1.29 is 14.3 Å². The molecule has 1 aliphatic rings. The lowest BCUT2D eigenvalue weighted by Crippen LogP contribution is -2.46. The number of hydrogen-bond donors (Lipinski definition) is 0. The number of carbonyl (C=O) groups is 2. The second-order valence-electron chi connectivity index (χ2n) is 6.99. The van der Waals surface area contributed by atoms with Gasteiger partial charge >= 0.3 is 0 Å². The summed E-state index contributed by atoms with van der Waals surface area (Å²) in [4.78, 5) is 29.6. The van der Waals surface area contributed by atoms with Gasteiger partial charge in [0, 0.05) is 20.1 Å². The van der Waals surface area contributed by atoms with E-state index < -0.39 is 0 Å². The first-order chi connectivity index (χ1) is 13.0. The number of thiophene rings is 1. The maximum absolute atomic E-state index is 12.8. The summed E-state index contributed by atoms with van der Waals surface area (Å²) < 4.78 is 5.75. The van der Waals surface area contributed by atoms with Crippen molar-refractivity contribution in [2.75, 3.05) is 33.3 Å². The Morgan fingerprint density at radius 1 is 1.30 bits per heavy atom. The molecule has 0 N–H and O–H groups in total. The van der Waals surface area contributed by atoms with Gasteiger partial charge in [-0.2, -0.15) is 0 Å². The summed E-state index contributed by atoms with van der Waals surface area (Å²) in [5, 5.41) is 1.90. The Morgan fingerprint density at radius 2 is 2.15 bits per heavy atom. The van der Waals surface area contributed by atoms with Gasteiger partial charge in [-0.1, -0.05) is 18.2 Å². The minimum absolute atomic E-state index is 0.0351. The fourth-order valence-electron chi connectivity index (χ4n) is 3.35. The van der Waals surface area contributed by atoms with Crippen LogP contribution in [0.4, 0.5) is 0 Å². The van der Waals surface area contributed by atoms with Crippen LogP contribution in [0.1, 0.15) is 28.1 Å². The molecule has 0 bridgehead atoms. The Balaban J connectivity index is 1.49. The van der Waals surface area contributed by atoms with Crippen molar-refractivity contribution in [3.8, 4) is 5.75 Å². The van der Waals surface area contributed by atoms with Crippen LogP contribution in [0.3, 0.4) is 0 Å². The lowest BCUT2D eigenvalue weighted by atomic mass is 9.96. The number of carbonyl (C=O) groups excluding carboxylic acids is 2. The number of hydrogen-bond acceptors (Lipinski definition) is 4. The summed E-state index contributed by atoms with van der Waals surface area (Å²) in [7, 11) is 1.81. The molecule has 2 amide bonds. The largest absolute Gasteiger partial charge is 0.492 e. The summed E-state index contributed by atoms with van der Waals surface area (Å²) >= 11 is 1.45. The smallest absolute Gasteiger partial charge is 0.263 e. The Kier molecular flexibility index (Phi) is 6.50. The monoisotopic (exact) mass is 386 g/mol. The van der Waals surface area contributed by atoms with Crippen LogP contribution in [0.15, 0.2) is 41.8 Å². The van der Waals surface area contributed by atoms with E-state index in [2.05, 4.69) is 0 Å². The molecule has 0 saturated carbocycles. The Bertz CT molecular complexity index is 775. The number of ether oxygens (including phenoxy) is 1. The van der Waals surface area contributed by atoms with Crippen molar-refractivity contribution in [2.24, 2.45) is 5.92 Å². The van der Waals surface area contributed by atoms with Crippen LogP contribution < -0.4 is 4.74 Å². The third-order valence-electron chi connectivity index (χ3n) is 4.85. The van der Waals surface area contributed by atoms with Crippen molar-refractivity contribution >= 4 is 23.2 Å². The summed E-state index contributed by atoms with van der Waals surface area (Å²) in [6.07, 6.45) is 1.69. The molecule has 1 aromatic heterocycles. The van der Waals surface area contributed by atoms with Gasteiger partial charge in [0.25, 0.3) is 5.91 Å². The zero-order chi connectivity index (χ0) is 19.2. The van der Waals surface area contributed by atoms with E-state index in [1.165, 1.54) is 11.3 Å². The molecule has 3 rings (SSSR count). The van der Waals surface area contributed by atoms with Crippen molar-refractivity contribution in [2.45, 2.75) is 19.8 Å². The van der Waals surface area contributed by atoms with E-state index in [1.54, 1.807) is 4.90 Å². The highest BCUT2D eigenvalue weighted by Gasteiger charge is 2.30. The van der Waals surface area contributed by atoms with Gasteiger partial charge in [-0.3, -0.25) is 9.59 Å². The van der Waals surface area contributed by atoms with Gasteiger partial charge in [0.05, 0.1) is 17.3 Å². The number of benzene rings is 1. The average molecular weight is 387 g/mol. The molecule has 144 valence electrons. The molecule has 0 radical (unpaired) electrons. The normalized spacial score (nSPS) is 16.8. The highest BCUT2D eigenvalue weighted by atomic mass is 32.1. The van der Waals surface area contributed by atoms with Crippen molar-refractivity contribution in [1.29, 1.82) is 0 Å². The van der Waals surface area contributed by atoms with Gasteiger partial charge in [-0.05, 0) is 48.9 Å². The van der Waals surface area contributed by atoms with Crippen LogP contribution in [0.5, 0.6) is 5.75 Å². The molecule has 2 heterocycles. The maximum atomic E-state index is 12.8. The molecule has 27 heavy (non-hydrogen) atoms. The van der Waals surface area contributed by atoms with E-state index in [4.69, 9.17) is 4.74 Å². The average Bonchev–Trinajstić information content (AvgIpc) is 3.21. The molecular weight excluding hydrogens is 360 g/mol. The summed E-state index contributed by atoms with van der Waals surface area (Å²) in [5.74, 6) is 0.812. The van der Waals surface area contributed by atoms with Gasteiger partial charge in [-0.15, -0.1) is 11.3 Å². The molecule has 1 aromatic carbocycles. The molecular formula is C21H26N2O3S. The lowest BCUT2D eigenvalue weighted by molar-refractivity contribution is -0.135. The molecule has 1 unspecified atom stereocenters. The SMILES string of the molecule is Cc1cccc(OCCN(C)C(=O)C2CCCN(C(=O)c3cccs3)C2)c1. The molecule has 0 aliphatic carbocycles. The number of aryl methyl sites for hydroxylation is 1. The fraction of sp³-hybridized carbons (Fsp3) is 0.429. The highest BCUT2D eigenvalue weighted by Crippen LogP contribution is 2.22. The van der Waals surface area contributed by atoms with Crippen LogP contribution in [0.2, 0.25) is 0 Å². The molecule has 1 aliphatic heterocycles. The predicted molar refractivity (Wildman–Crippen MR) is 107 cm³/mol. The molecule has 0 spiro atoms. The molecule has 1 atom stereocenters. The molecule has 1 fully saturated rings. The minimum Gasteiger partial charge on any atom is -0.492 e. The van der Waals surface area contributed by atoms with Gasteiger partial charge < -0.3 is 14.5 Å². The van der Waals surface area contributed by atoms with Gasteiger partial charge in [0.2, 0.25) is 5.91 Å². The van der Waals surface area contributed by atoms with Gasteiger partial charge in [0.15, 0.2) is 0 Å². The Hall–Kier alpha value is -2.34. The van der Waals surface area contributed by atoms with E-state index in [0.29, 0.717) is 19.7 Å². The summed E-state index contributed by atoms with van der Waals surface area (Å²) in [5.41, 5.74) is 1.15. The first kappa shape index (κ1) is 19.4. The first-order valence-corrected chi connectivity index (χ1v) is 10.2. The Labute approximate surface area is 164 Å². The quantitative estimate of drug-likeness (QED) is 0.764. The zero-order valence-corrected chi connectivity index (χ0v) is 16.7. The predicted octanol–water partition coefficient (Wildman–Crippen LogP) is 3.45. The molecule has 2 aromatic rings. The highest BCUT2D eigenvalue weighted by molar-refractivity contribution is 7.12. The number of likely N-dealkylation sites (tertiary alicyclic amines) is 1. The number of likely N-dealkylation sites (N-methyl/N-ethyl adjacent to an activating group) is 1. The number of amides is 2. The van der Waals surface area contributed by atoms with E-state index in [0.717, 1.165) is 35.6 Å².